The second-order valence-electron chi connectivity index (χ2n) is 6.02. The Morgan fingerprint density at radius 1 is 1.07 bits per heavy atom. The molecule has 29 heavy (non-hydrogen) atoms. The van der Waals surface area contributed by atoms with Crippen molar-refractivity contribution >= 4 is 17.5 Å². The van der Waals surface area contributed by atoms with Crippen molar-refractivity contribution in [3.8, 4) is 28.7 Å². The summed E-state index contributed by atoms with van der Waals surface area (Å²) < 4.78 is 21.7. The van der Waals surface area contributed by atoms with E-state index in [-0.39, 0.29) is 11.0 Å². The summed E-state index contributed by atoms with van der Waals surface area (Å²) in [5.74, 6) is 2.23. The minimum Gasteiger partial charge on any atom is -0.494 e. The molecule has 1 atom stereocenters. The molecule has 0 unspecified atom stereocenters. The molecular formula is C21H22N2O5S. The van der Waals surface area contributed by atoms with Crippen LogP contribution in [0.25, 0.3) is 11.5 Å². The summed E-state index contributed by atoms with van der Waals surface area (Å²) in [6, 6.07) is 12.4. The number of ketones is 1. The van der Waals surface area contributed by atoms with Crippen LogP contribution in [-0.2, 0) is 0 Å². The van der Waals surface area contributed by atoms with Crippen LogP contribution >= 0.6 is 11.8 Å². The molecule has 0 amide bonds. The Morgan fingerprint density at radius 3 is 2.45 bits per heavy atom. The Labute approximate surface area is 173 Å². The van der Waals surface area contributed by atoms with Crippen molar-refractivity contribution in [2.24, 2.45) is 0 Å². The van der Waals surface area contributed by atoms with E-state index in [4.69, 9.17) is 18.6 Å². The summed E-state index contributed by atoms with van der Waals surface area (Å²) in [6.45, 7) is 4.31. The summed E-state index contributed by atoms with van der Waals surface area (Å²) >= 11 is 1.22. The molecular weight excluding hydrogens is 392 g/mol. The van der Waals surface area contributed by atoms with Gasteiger partial charge in [0.1, 0.15) is 5.75 Å². The van der Waals surface area contributed by atoms with Crippen LogP contribution in [0.5, 0.6) is 17.2 Å². The van der Waals surface area contributed by atoms with Crippen molar-refractivity contribution in [1.82, 2.24) is 10.2 Å². The number of rotatable bonds is 9. The highest BCUT2D eigenvalue weighted by Gasteiger charge is 2.20. The Hall–Kier alpha value is -3.00. The molecule has 0 spiro atoms. The first-order valence-electron chi connectivity index (χ1n) is 9.05. The molecule has 0 N–H and O–H groups in total. The largest absolute Gasteiger partial charge is 0.494 e. The standard InChI is InChI=1S/C21H22N2O5S/c1-5-27-16-9-6-14(7-10-16)19(24)13(2)29-21-23-22-20(28-21)15-8-11-17(25-3)18(12-15)26-4/h6-13H,5H2,1-4H3/t13-/m1/s1. The molecule has 3 aromatic rings. The van der Waals surface area contributed by atoms with Crippen LogP contribution in [0.15, 0.2) is 52.1 Å². The number of hydrogen-bond acceptors (Lipinski definition) is 8. The monoisotopic (exact) mass is 414 g/mol. The molecule has 0 aliphatic heterocycles. The molecule has 0 bridgehead atoms. The predicted octanol–water partition coefficient (Wildman–Crippen LogP) is 4.52. The number of methoxy groups -OCH3 is 2. The topological polar surface area (TPSA) is 83.7 Å². The van der Waals surface area contributed by atoms with Gasteiger partial charge in [0.2, 0.25) is 5.89 Å². The second-order valence-corrected chi connectivity index (χ2v) is 7.32. The van der Waals surface area contributed by atoms with Crippen LogP contribution in [0.4, 0.5) is 0 Å². The van der Waals surface area contributed by atoms with E-state index < -0.39 is 0 Å². The summed E-state index contributed by atoms with van der Waals surface area (Å²) in [7, 11) is 3.13. The van der Waals surface area contributed by atoms with E-state index in [9.17, 15) is 4.79 Å². The number of ether oxygens (including phenoxy) is 3. The summed E-state index contributed by atoms with van der Waals surface area (Å²) in [6.07, 6.45) is 0. The Balaban J connectivity index is 1.70. The third kappa shape index (κ3) is 4.89. The number of carbonyl (C=O) groups excluding carboxylic acids is 1. The van der Waals surface area contributed by atoms with E-state index in [1.165, 1.54) is 11.8 Å². The average molecular weight is 414 g/mol. The van der Waals surface area contributed by atoms with Gasteiger partial charge < -0.3 is 18.6 Å². The van der Waals surface area contributed by atoms with Gasteiger partial charge in [-0.25, -0.2) is 0 Å². The van der Waals surface area contributed by atoms with E-state index in [0.717, 1.165) is 5.75 Å². The van der Waals surface area contributed by atoms with Gasteiger partial charge >= 0.3 is 0 Å². The Bertz CT molecular complexity index is 971. The van der Waals surface area contributed by atoms with Crippen LogP contribution in [0.3, 0.4) is 0 Å². The minimum absolute atomic E-state index is 0.0242. The molecule has 0 fully saturated rings. The van der Waals surface area contributed by atoms with Gasteiger partial charge in [-0.2, -0.15) is 0 Å². The molecule has 0 aliphatic carbocycles. The summed E-state index contributed by atoms with van der Waals surface area (Å²) in [5, 5.41) is 8.06. The van der Waals surface area contributed by atoms with Gasteiger partial charge in [0.15, 0.2) is 17.3 Å². The molecule has 7 nitrogen and oxygen atoms in total. The molecule has 152 valence electrons. The zero-order chi connectivity index (χ0) is 20.8. The number of nitrogens with zero attached hydrogens (tertiary/aromatic N) is 2. The van der Waals surface area contributed by atoms with Gasteiger partial charge in [-0.1, -0.05) is 11.8 Å². The second kappa shape index (κ2) is 9.47. The number of benzene rings is 2. The Morgan fingerprint density at radius 2 is 1.79 bits per heavy atom. The number of hydrogen-bond donors (Lipinski definition) is 0. The quantitative estimate of drug-likeness (QED) is 0.373. The number of Topliss-reactive ketones (excluding diaryl/α,β-unsaturated/α-hetero) is 1. The van der Waals surface area contributed by atoms with Crippen LogP contribution < -0.4 is 14.2 Å². The molecule has 1 heterocycles. The molecule has 0 saturated carbocycles. The predicted molar refractivity (Wildman–Crippen MR) is 110 cm³/mol. The number of carbonyl (C=O) groups is 1. The fourth-order valence-electron chi connectivity index (χ4n) is 2.66. The highest BCUT2D eigenvalue weighted by atomic mass is 32.2. The zero-order valence-electron chi connectivity index (χ0n) is 16.7. The average Bonchev–Trinajstić information content (AvgIpc) is 3.21. The highest BCUT2D eigenvalue weighted by molar-refractivity contribution is 8.00. The normalized spacial score (nSPS) is 11.7. The number of thioether (sulfide) groups is 1. The van der Waals surface area contributed by atoms with Crippen LogP contribution in [0.1, 0.15) is 24.2 Å². The van der Waals surface area contributed by atoms with E-state index in [0.29, 0.717) is 40.3 Å². The van der Waals surface area contributed by atoms with Gasteiger partial charge in [-0.15, -0.1) is 10.2 Å². The van der Waals surface area contributed by atoms with Crippen molar-refractivity contribution in [3.63, 3.8) is 0 Å². The van der Waals surface area contributed by atoms with Gasteiger partial charge in [0.25, 0.3) is 5.22 Å². The summed E-state index contributed by atoms with van der Waals surface area (Å²) in [4.78, 5) is 12.7. The van der Waals surface area contributed by atoms with Crippen LogP contribution in [0, 0.1) is 0 Å². The lowest BCUT2D eigenvalue weighted by atomic mass is 10.1. The first-order chi connectivity index (χ1) is 14.0. The van der Waals surface area contributed by atoms with Gasteiger partial charge in [-0.05, 0) is 56.3 Å². The lowest BCUT2D eigenvalue weighted by molar-refractivity contribution is 0.0993. The fourth-order valence-corrected chi connectivity index (χ4v) is 3.43. The third-order valence-electron chi connectivity index (χ3n) is 4.13. The van der Waals surface area contributed by atoms with Gasteiger partial charge in [0, 0.05) is 11.1 Å². The third-order valence-corrected chi connectivity index (χ3v) is 5.07. The number of aromatic nitrogens is 2. The molecule has 1 aromatic heterocycles. The minimum atomic E-state index is -0.383. The van der Waals surface area contributed by atoms with Crippen LogP contribution in [-0.4, -0.2) is 42.1 Å². The van der Waals surface area contributed by atoms with Crippen molar-refractivity contribution < 1.29 is 23.4 Å². The lowest BCUT2D eigenvalue weighted by Gasteiger charge is -2.09. The molecule has 0 radical (unpaired) electrons. The maximum Gasteiger partial charge on any atom is 0.277 e. The highest BCUT2D eigenvalue weighted by Crippen LogP contribution is 2.33. The van der Waals surface area contributed by atoms with Crippen molar-refractivity contribution in [3.05, 3.63) is 48.0 Å². The first-order valence-corrected chi connectivity index (χ1v) is 9.93. The van der Waals surface area contributed by atoms with Gasteiger partial charge in [-0.3, -0.25) is 4.79 Å². The van der Waals surface area contributed by atoms with E-state index in [1.807, 2.05) is 13.8 Å². The molecule has 8 heteroatoms. The molecule has 3 rings (SSSR count). The maximum atomic E-state index is 12.7. The Kier molecular flexibility index (Phi) is 6.77. The molecule has 2 aromatic carbocycles. The van der Waals surface area contributed by atoms with Crippen molar-refractivity contribution in [2.45, 2.75) is 24.3 Å². The van der Waals surface area contributed by atoms with E-state index in [2.05, 4.69) is 10.2 Å². The smallest absolute Gasteiger partial charge is 0.277 e. The van der Waals surface area contributed by atoms with Gasteiger partial charge in [0.05, 0.1) is 26.1 Å². The fraction of sp³-hybridized carbons (Fsp3) is 0.286. The van der Waals surface area contributed by atoms with Crippen molar-refractivity contribution in [1.29, 1.82) is 0 Å². The van der Waals surface area contributed by atoms with E-state index >= 15 is 0 Å². The van der Waals surface area contributed by atoms with Crippen LogP contribution in [0.2, 0.25) is 0 Å². The summed E-state index contributed by atoms with van der Waals surface area (Å²) in [5.41, 5.74) is 1.31. The lowest BCUT2D eigenvalue weighted by Crippen LogP contribution is -2.13. The zero-order valence-corrected chi connectivity index (χ0v) is 17.5. The molecule has 0 aliphatic rings. The van der Waals surface area contributed by atoms with Crippen molar-refractivity contribution in [2.75, 3.05) is 20.8 Å². The SMILES string of the molecule is CCOc1ccc(C(=O)[C@@H](C)Sc2nnc(-c3ccc(OC)c(OC)c3)o2)cc1. The first kappa shape index (κ1) is 20.7. The molecule has 0 saturated heterocycles. The maximum absolute atomic E-state index is 12.7. The van der Waals surface area contributed by atoms with E-state index in [1.54, 1.807) is 56.7 Å².